The summed E-state index contributed by atoms with van der Waals surface area (Å²) < 4.78 is 14.7. The van der Waals surface area contributed by atoms with Crippen molar-refractivity contribution in [3.05, 3.63) is 47.5 Å². The van der Waals surface area contributed by atoms with Crippen LogP contribution in [0.4, 0.5) is 14.9 Å². The van der Waals surface area contributed by atoms with Crippen molar-refractivity contribution in [3.8, 4) is 0 Å². The van der Waals surface area contributed by atoms with Crippen LogP contribution in [-0.2, 0) is 13.6 Å². The summed E-state index contributed by atoms with van der Waals surface area (Å²) in [5, 5.41) is 6.81. The molecule has 5 nitrogen and oxygen atoms in total. The summed E-state index contributed by atoms with van der Waals surface area (Å²) in [6.07, 6.45) is 3.57. The summed E-state index contributed by atoms with van der Waals surface area (Å²) in [6.45, 7) is 2.21. The maximum atomic E-state index is 13.0. The first-order valence-corrected chi connectivity index (χ1v) is 6.21. The first-order chi connectivity index (χ1) is 9.45. The van der Waals surface area contributed by atoms with Gasteiger partial charge >= 0.3 is 6.03 Å². The van der Waals surface area contributed by atoms with E-state index in [0.29, 0.717) is 17.8 Å². The van der Waals surface area contributed by atoms with E-state index in [1.807, 2.05) is 13.2 Å². The van der Waals surface area contributed by atoms with Gasteiger partial charge in [0.05, 0.1) is 12.7 Å². The van der Waals surface area contributed by atoms with E-state index in [4.69, 9.17) is 0 Å². The van der Waals surface area contributed by atoms with Crippen LogP contribution in [0.3, 0.4) is 0 Å². The molecule has 20 heavy (non-hydrogen) atoms. The van der Waals surface area contributed by atoms with Crippen molar-refractivity contribution in [1.82, 2.24) is 14.7 Å². The van der Waals surface area contributed by atoms with E-state index < -0.39 is 0 Å². The number of benzene rings is 1. The van der Waals surface area contributed by atoms with Crippen LogP contribution in [0.2, 0.25) is 0 Å². The van der Waals surface area contributed by atoms with Crippen LogP contribution in [0.5, 0.6) is 0 Å². The first kappa shape index (κ1) is 14.0. The lowest BCUT2D eigenvalue weighted by atomic mass is 10.2. The first-order valence-electron chi connectivity index (χ1n) is 6.21. The van der Waals surface area contributed by atoms with Gasteiger partial charge in [-0.1, -0.05) is 0 Å². The average Bonchev–Trinajstić information content (AvgIpc) is 2.78. The molecule has 6 heteroatoms. The number of carbonyl (C=O) groups excluding carboxylic acids is 1. The Kier molecular flexibility index (Phi) is 4.02. The highest BCUT2D eigenvalue weighted by Gasteiger charge is 2.11. The smallest absolute Gasteiger partial charge is 0.321 e. The van der Waals surface area contributed by atoms with E-state index in [9.17, 15) is 9.18 Å². The molecule has 0 unspecified atom stereocenters. The summed E-state index contributed by atoms with van der Waals surface area (Å²) in [5.41, 5.74) is 2.24. The van der Waals surface area contributed by atoms with E-state index in [0.717, 1.165) is 5.56 Å². The maximum Gasteiger partial charge on any atom is 0.321 e. The molecule has 0 aliphatic carbocycles. The minimum atomic E-state index is -0.316. The molecule has 106 valence electrons. The monoisotopic (exact) mass is 276 g/mol. The molecule has 0 bridgehead atoms. The Bertz CT molecular complexity index is 623. The highest BCUT2D eigenvalue weighted by atomic mass is 19.1. The number of carbonyl (C=O) groups is 1. The average molecular weight is 276 g/mol. The fraction of sp³-hybridized carbons (Fsp3) is 0.286. The maximum absolute atomic E-state index is 13.0. The zero-order valence-corrected chi connectivity index (χ0v) is 11.7. The van der Waals surface area contributed by atoms with Crippen LogP contribution >= 0.6 is 0 Å². The normalized spacial score (nSPS) is 10.4. The van der Waals surface area contributed by atoms with Crippen molar-refractivity contribution in [2.75, 3.05) is 12.4 Å². The zero-order valence-electron chi connectivity index (χ0n) is 11.7. The Morgan fingerprint density at radius 2 is 2.25 bits per heavy atom. The summed E-state index contributed by atoms with van der Waals surface area (Å²) in [4.78, 5) is 13.6. The number of rotatable bonds is 3. The van der Waals surface area contributed by atoms with Gasteiger partial charge in [-0.2, -0.15) is 5.10 Å². The third kappa shape index (κ3) is 3.34. The number of aromatic nitrogens is 2. The number of urea groups is 1. The zero-order chi connectivity index (χ0) is 14.7. The molecule has 0 aliphatic rings. The third-order valence-corrected chi connectivity index (χ3v) is 2.95. The lowest BCUT2D eigenvalue weighted by molar-refractivity contribution is 0.220. The number of halogens is 1. The Morgan fingerprint density at radius 3 is 2.85 bits per heavy atom. The van der Waals surface area contributed by atoms with Crippen LogP contribution in [0.25, 0.3) is 0 Å². The van der Waals surface area contributed by atoms with Crippen molar-refractivity contribution in [3.63, 3.8) is 0 Å². The second-order valence-electron chi connectivity index (χ2n) is 4.77. The summed E-state index contributed by atoms with van der Waals surface area (Å²) in [6, 6.07) is 4.02. The highest BCUT2D eigenvalue weighted by Crippen LogP contribution is 2.16. The number of amides is 2. The minimum absolute atomic E-state index is 0.247. The van der Waals surface area contributed by atoms with Crippen LogP contribution in [-0.4, -0.2) is 27.8 Å². The standard InChI is InChI=1S/C14H17FN4O/c1-10-6-12(15)4-5-13(10)17-14(20)18(2)8-11-7-16-19(3)9-11/h4-7,9H,8H2,1-3H3,(H,17,20). The summed E-state index contributed by atoms with van der Waals surface area (Å²) in [5.74, 6) is -0.316. The number of aryl methyl sites for hydroxylation is 2. The van der Waals surface area contributed by atoms with E-state index in [1.54, 1.807) is 35.8 Å². The number of hydrogen-bond acceptors (Lipinski definition) is 2. The van der Waals surface area contributed by atoms with Crippen LogP contribution in [0.15, 0.2) is 30.6 Å². The molecule has 0 spiro atoms. The molecule has 1 aromatic carbocycles. The van der Waals surface area contributed by atoms with E-state index in [2.05, 4.69) is 10.4 Å². The molecular formula is C14H17FN4O. The van der Waals surface area contributed by atoms with Gasteiger partial charge in [-0.15, -0.1) is 0 Å². The van der Waals surface area contributed by atoms with Gasteiger partial charge in [-0.25, -0.2) is 9.18 Å². The number of anilines is 1. The second kappa shape index (κ2) is 5.73. The Labute approximate surface area is 117 Å². The highest BCUT2D eigenvalue weighted by molar-refractivity contribution is 5.89. The molecule has 2 aromatic rings. The number of nitrogens with one attached hydrogen (secondary N) is 1. The SMILES string of the molecule is Cc1cc(F)ccc1NC(=O)N(C)Cc1cnn(C)c1. The molecule has 2 rings (SSSR count). The number of hydrogen-bond donors (Lipinski definition) is 1. The summed E-state index contributed by atoms with van der Waals surface area (Å²) in [7, 11) is 3.52. The molecule has 0 atom stereocenters. The Balaban J connectivity index is 2.00. The van der Waals surface area contributed by atoms with Crippen molar-refractivity contribution in [2.45, 2.75) is 13.5 Å². The van der Waals surface area contributed by atoms with Crippen molar-refractivity contribution in [1.29, 1.82) is 0 Å². The Hall–Kier alpha value is -2.37. The molecule has 1 heterocycles. The quantitative estimate of drug-likeness (QED) is 0.936. The van der Waals surface area contributed by atoms with Gasteiger partial charge in [0.2, 0.25) is 0 Å². The fourth-order valence-corrected chi connectivity index (χ4v) is 1.88. The lowest BCUT2D eigenvalue weighted by Gasteiger charge is -2.18. The van der Waals surface area contributed by atoms with Crippen molar-refractivity contribution >= 4 is 11.7 Å². The van der Waals surface area contributed by atoms with Gasteiger partial charge in [-0.3, -0.25) is 4.68 Å². The molecule has 0 radical (unpaired) electrons. The van der Waals surface area contributed by atoms with E-state index >= 15 is 0 Å². The van der Waals surface area contributed by atoms with Gasteiger partial charge in [0.25, 0.3) is 0 Å². The van der Waals surface area contributed by atoms with E-state index in [-0.39, 0.29) is 11.8 Å². The third-order valence-electron chi connectivity index (χ3n) is 2.95. The van der Waals surface area contributed by atoms with Crippen molar-refractivity contribution < 1.29 is 9.18 Å². The largest absolute Gasteiger partial charge is 0.323 e. The predicted octanol–water partition coefficient (Wildman–Crippen LogP) is 2.53. The topological polar surface area (TPSA) is 50.2 Å². The lowest BCUT2D eigenvalue weighted by Crippen LogP contribution is -2.31. The van der Waals surface area contributed by atoms with Gasteiger partial charge in [-0.05, 0) is 30.7 Å². The molecule has 1 N–H and O–H groups in total. The number of nitrogens with zero attached hydrogens (tertiary/aromatic N) is 3. The fourth-order valence-electron chi connectivity index (χ4n) is 1.88. The predicted molar refractivity (Wildman–Crippen MR) is 74.8 cm³/mol. The van der Waals surface area contributed by atoms with Crippen molar-refractivity contribution in [2.24, 2.45) is 7.05 Å². The minimum Gasteiger partial charge on any atom is -0.323 e. The van der Waals surface area contributed by atoms with Gasteiger partial charge in [0, 0.05) is 31.5 Å². The molecule has 0 fully saturated rings. The molecule has 0 saturated carbocycles. The molecule has 1 aromatic heterocycles. The van der Waals surface area contributed by atoms with Crippen LogP contribution in [0.1, 0.15) is 11.1 Å². The Morgan fingerprint density at radius 1 is 1.50 bits per heavy atom. The van der Waals surface area contributed by atoms with Gasteiger partial charge in [0.1, 0.15) is 5.82 Å². The summed E-state index contributed by atoms with van der Waals surface area (Å²) >= 11 is 0. The van der Waals surface area contributed by atoms with Gasteiger partial charge < -0.3 is 10.2 Å². The van der Waals surface area contributed by atoms with Crippen LogP contribution in [0, 0.1) is 12.7 Å². The molecule has 2 amide bonds. The molecule has 0 saturated heterocycles. The second-order valence-corrected chi connectivity index (χ2v) is 4.77. The molecular weight excluding hydrogens is 259 g/mol. The van der Waals surface area contributed by atoms with Gasteiger partial charge in [0.15, 0.2) is 0 Å². The van der Waals surface area contributed by atoms with Crippen LogP contribution < -0.4 is 5.32 Å². The van der Waals surface area contributed by atoms with E-state index in [1.165, 1.54) is 12.1 Å². The molecule has 0 aliphatic heterocycles.